The maximum Gasteiger partial charge on any atom is 0.310 e. The molecule has 4 nitrogen and oxygen atoms in total. The van der Waals surface area contributed by atoms with Crippen LogP contribution in [0.4, 0.5) is 0 Å². The zero-order valence-corrected chi connectivity index (χ0v) is 11.2. The van der Waals surface area contributed by atoms with Gasteiger partial charge in [0.15, 0.2) is 0 Å². The average Bonchev–Trinajstić information content (AvgIpc) is 2.48. The van der Waals surface area contributed by atoms with Crippen molar-refractivity contribution in [1.82, 2.24) is 0 Å². The van der Waals surface area contributed by atoms with Crippen LogP contribution in [0.5, 0.6) is 11.5 Å². The van der Waals surface area contributed by atoms with Gasteiger partial charge in [-0.3, -0.25) is 4.79 Å². The van der Waals surface area contributed by atoms with E-state index in [9.17, 15) is 9.90 Å². The summed E-state index contributed by atoms with van der Waals surface area (Å²) >= 11 is 0. The highest BCUT2D eigenvalue weighted by Gasteiger charge is 2.08. The lowest BCUT2D eigenvalue weighted by Gasteiger charge is -2.07. The number of hydrogen-bond donors (Lipinski definition) is 1. The Hall–Kier alpha value is -2.49. The van der Waals surface area contributed by atoms with Crippen molar-refractivity contribution < 1.29 is 19.4 Å². The summed E-state index contributed by atoms with van der Waals surface area (Å²) in [7, 11) is 1.60. The molecule has 2 rings (SSSR count). The number of phenols is 1. The fourth-order valence-electron chi connectivity index (χ4n) is 1.75. The molecular weight excluding hydrogens is 256 g/mol. The molecule has 2 aromatic rings. The van der Waals surface area contributed by atoms with Crippen molar-refractivity contribution in [1.29, 1.82) is 0 Å². The van der Waals surface area contributed by atoms with Crippen LogP contribution in [0.3, 0.4) is 0 Å². The van der Waals surface area contributed by atoms with Gasteiger partial charge in [-0.25, -0.2) is 0 Å². The van der Waals surface area contributed by atoms with Crippen LogP contribution in [0.15, 0.2) is 48.5 Å². The lowest BCUT2D eigenvalue weighted by Crippen LogP contribution is -2.08. The van der Waals surface area contributed by atoms with Gasteiger partial charge in [0.1, 0.15) is 18.1 Å². The monoisotopic (exact) mass is 272 g/mol. The molecule has 0 aliphatic heterocycles. The Bertz CT molecular complexity index is 575. The Balaban J connectivity index is 1.87. The van der Waals surface area contributed by atoms with Gasteiger partial charge in [0, 0.05) is 5.56 Å². The van der Waals surface area contributed by atoms with Gasteiger partial charge in [0.05, 0.1) is 13.5 Å². The molecule has 0 bridgehead atoms. The topological polar surface area (TPSA) is 55.8 Å². The quantitative estimate of drug-likeness (QED) is 0.850. The molecule has 4 heteroatoms. The Morgan fingerprint density at radius 3 is 2.45 bits per heavy atom. The van der Waals surface area contributed by atoms with Crippen LogP contribution in [-0.2, 0) is 22.6 Å². The normalized spacial score (nSPS) is 10.1. The number of hydrogen-bond acceptors (Lipinski definition) is 4. The van der Waals surface area contributed by atoms with Crippen molar-refractivity contribution in [2.45, 2.75) is 13.0 Å². The summed E-state index contributed by atoms with van der Waals surface area (Å²) in [4.78, 5) is 11.7. The fraction of sp³-hybridized carbons (Fsp3) is 0.188. The van der Waals surface area contributed by atoms with E-state index in [-0.39, 0.29) is 24.7 Å². The summed E-state index contributed by atoms with van der Waals surface area (Å²) in [5.74, 6) is 0.491. The standard InChI is InChI=1S/C16H16O4/c1-19-14-8-6-12(7-9-14)11-20-16(18)10-13-4-2-3-5-15(13)17/h2-9,17H,10-11H2,1H3. The summed E-state index contributed by atoms with van der Waals surface area (Å²) in [6, 6.07) is 14.0. The van der Waals surface area contributed by atoms with E-state index < -0.39 is 0 Å². The highest BCUT2D eigenvalue weighted by molar-refractivity contribution is 5.73. The van der Waals surface area contributed by atoms with Crippen molar-refractivity contribution in [3.05, 3.63) is 59.7 Å². The van der Waals surface area contributed by atoms with E-state index in [0.717, 1.165) is 11.3 Å². The van der Waals surface area contributed by atoms with Gasteiger partial charge in [-0.2, -0.15) is 0 Å². The smallest absolute Gasteiger partial charge is 0.310 e. The van der Waals surface area contributed by atoms with Gasteiger partial charge in [-0.15, -0.1) is 0 Å². The van der Waals surface area contributed by atoms with Crippen molar-refractivity contribution in [2.24, 2.45) is 0 Å². The Morgan fingerprint density at radius 2 is 1.80 bits per heavy atom. The molecule has 0 saturated carbocycles. The highest BCUT2D eigenvalue weighted by atomic mass is 16.5. The number of esters is 1. The molecule has 0 aromatic heterocycles. The largest absolute Gasteiger partial charge is 0.508 e. The molecule has 0 spiro atoms. The molecule has 2 aromatic carbocycles. The predicted molar refractivity (Wildman–Crippen MR) is 74.6 cm³/mol. The van der Waals surface area contributed by atoms with Gasteiger partial charge in [-0.1, -0.05) is 30.3 Å². The maximum atomic E-state index is 11.7. The lowest BCUT2D eigenvalue weighted by atomic mass is 10.1. The summed E-state index contributed by atoms with van der Waals surface area (Å²) in [6.45, 7) is 0.205. The first-order chi connectivity index (χ1) is 9.69. The number of phenolic OH excluding ortho intramolecular Hbond substituents is 1. The van der Waals surface area contributed by atoms with E-state index in [1.165, 1.54) is 0 Å². The van der Waals surface area contributed by atoms with E-state index in [1.54, 1.807) is 31.4 Å². The minimum atomic E-state index is -0.373. The van der Waals surface area contributed by atoms with Crippen molar-refractivity contribution in [2.75, 3.05) is 7.11 Å². The second-order valence-electron chi connectivity index (χ2n) is 4.31. The molecule has 1 N–H and O–H groups in total. The number of carbonyl (C=O) groups excluding carboxylic acids is 1. The molecule has 20 heavy (non-hydrogen) atoms. The van der Waals surface area contributed by atoms with E-state index in [2.05, 4.69) is 0 Å². The molecule has 0 heterocycles. The first-order valence-electron chi connectivity index (χ1n) is 6.24. The third kappa shape index (κ3) is 3.75. The number of methoxy groups -OCH3 is 1. The van der Waals surface area contributed by atoms with Crippen LogP contribution in [0, 0.1) is 0 Å². The number of ether oxygens (including phenoxy) is 2. The van der Waals surface area contributed by atoms with Gasteiger partial charge in [-0.05, 0) is 23.8 Å². The second-order valence-corrected chi connectivity index (χ2v) is 4.31. The van der Waals surface area contributed by atoms with Crippen LogP contribution >= 0.6 is 0 Å². The third-order valence-electron chi connectivity index (χ3n) is 2.89. The van der Waals surface area contributed by atoms with E-state index >= 15 is 0 Å². The van der Waals surface area contributed by atoms with Crippen molar-refractivity contribution in [3.63, 3.8) is 0 Å². The minimum Gasteiger partial charge on any atom is -0.508 e. The fourth-order valence-corrected chi connectivity index (χ4v) is 1.75. The van der Waals surface area contributed by atoms with Crippen LogP contribution in [-0.4, -0.2) is 18.2 Å². The zero-order chi connectivity index (χ0) is 14.4. The molecular formula is C16H16O4. The first-order valence-corrected chi connectivity index (χ1v) is 6.24. The van der Waals surface area contributed by atoms with Gasteiger partial charge >= 0.3 is 5.97 Å². The van der Waals surface area contributed by atoms with Crippen molar-refractivity contribution in [3.8, 4) is 11.5 Å². The SMILES string of the molecule is COc1ccc(COC(=O)Cc2ccccc2O)cc1. The molecule has 104 valence electrons. The maximum absolute atomic E-state index is 11.7. The number of rotatable bonds is 5. The molecule has 0 amide bonds. The van der Waals surface area contributed by atoms with Gasteiger partial charge in [0.25, 0.3) is 0 Å². The first kappa shape index (κ1) is 13.9. The summed E-state index contributed by atoms with van der Waals surface area (Å²) in [5.41, 5.74) is 1.45. The van der Waals surface area contributed by atoms with Gasteiger partial charge in [0.2, 0.25) is 0 Å². The predicted octanol–water partition coefficient (Wildman–Crippen LogP) is 2.69. The lowest BCUT2D eigenvalue weighted by molar-refractivity contribution is -0.144. The van der Waals surface area contributed by atoms with E-state index in [4.69, 9.17) is 9.47 Å². The molecule has 0 aliphatic rings. The zero-order valence-electron chi connectivity index (χ0n) is 11.2. The summed E-state index contributed by atoms with van der Waals surface area (Å²) < 4.78 is 10.2. The summed E-state index contributed by atoms with van der Waals surface area (Å²) in [5, 5.41) is 9.58. The van der Waals surface area contributed by atoms with Crippen LogP contribution in [0.25, 0.3) is 0 Å². The molecule has 0 radical (unpaired) electrons. The van der Waals surface area contributed by atoms with E-state index in [1.807, 2.05) is 24.3 Å². The van der Waals surface area contributed by atoms with Crippen LogP contribution in [0.2, 0.25) is 0 Å². The second kappa shape index (κ2) is 6.61. The number of aromatic hydroxyl groups is 1. The highest BCUT2D eigenvalue weighted by Crippen LogP contribution is 2.17. The molecule has 0 saturated heterocycles. The van der Waals surface area contributed by atoms with E-state index in [0.29, 0.717) is 5.56 Å². The average molecular weight is 272 g/mol. The molecule has 0 aliphatic carbocycles. The van der Waals surface area contributed by atoms with Gasteiger partial charge < -0.3 is 14.6 Å². The molecule has 0 atom stereocenters. The summed E-state index contributed by atoms with van der Waals surface area (Å²) in [6.07, 6.45) is 0.0584. The Morgan fingerprint density at radius 1 is 1.10 bits per heavy atom. The molecule has 0 fully saturated rings. The Kier molecular flexibility index (Phi) is 4.60. The number of benzene rings is 2. The minimum absolute atomic E-state index is 0.0584. The molecule has 0 unspecified atom stereocenters. The number of para-hydroxylation sites is 1. The number of carbonyl (C=O) groups is 1. The third-order valence-corrected chi connectivity index (χ3v) is 2.89. The van der Waals surface area contributed by atoms with Crippen LogP contribution in [0.1, 0.15) is 11.1 Å². The van der Waals surface area contributed by atoms with Crippen LogP contribution < -0.4 is 4.74 Å². The Labute approximate surface area is 117 Å². The van der Waals surface area contributed by atoms with Crippen molar-refractivity contribution >= 4 is 5.97 Å².